The fraction of sp³-hybridized carbons (Fsp3) is 0.784. The van der Waals surface area contributed by atoms with E-state index in [0.29, 0.717) is 17.4 Å². The maximum absolute atomic E-state index is 13.0. The first-order valence-electron chi connectivity index (χ1n) is 41.4. The molecule has 0 heterocycles. The molecule has 0 aromatic carbocycles. The van der Waals surface area contributed by atoms with E-state index in [1.165, 1.54) is 270 Å². The van der Waals surface area contributed by atoms with Crippen LogP contribution in [0.1, 0.15) is 386 Å². The van der Waals surface area contributed by atoms with Crippen LogP contribution >= 0.6 is 0 Å². The van der Waals surface area contributed by atoms with Crippen LogP contribution in [0.5, 0.6) is 0 Å². The number of esters is 2. The Morgan fingerprint density at radius 3 is 0.876 bits per heavy atom. The minimum absolute atomic E-state index is 0.181. The fourth-order valence-corrected chi connectivity index (χ4v) is 12.1. The average Bonchev–Trinajstić information content (AvgIpc) is 2.39. The Morgan fingerprint density at radius 2 is 0.588 bits per heavy atom. The second-order valence-electron chi connectivity index (χ2n) is 29.1. The highest BCUT2D eigenvalue weighted by Crippen LogP contribution is 2.20. The molecule has 0 saturated carbocycles. The molecule has 97 heavy (non-hydrogen) atoms. The minimum Gasteiger partial charge on any atom is -0.477 e. The highest BCUT2D eigenvalue weighted by molar-refractivity contribution is 5.71. The van der Waals surface area contributed by atoms with Gasteiger partial charge in [-0.2, -0.15) is 0 Å². The van der Waals surface area contributed by atoms with Crippen molar-refractivity contribution >= 4 is 17.9 Å². The summed E-state index contributed by atoms with van der Waals surface area (Å²) in [6.45, 7) is 4.82. The molecule has 0 aliphatic rings. The normalized spacial score (nSPS) is 13.1. The highest BCUT2D eigenvalue weighted by Gasteiger charge is 2.25. The van der Waals surface area contributed by atoms with Crippen molar-refractivity contribution in [2.75, 3.05) is 47.5 Å². The topological polar surface area (TPSA) is 108 Å². The van der Waals surface area contributed by atoms with Gasteiger partial charge in [0.05, 0.1) is 34.4 Å². The number of hydrogen-bond acceptors (Lipinski definition) is 7. The third-order valence-corrected chi connectivity index (χ3v) is 18.4. The summed E-state index contributed by atoms with van der Waals surface area (Å²) in [5.41, 5.74) is 0. The van der Waals surface area contributed by atoms with Crippen molar-refractivity contribution in [3.05, 3.63) is 97.2 Å². The molecule has 9 heteroatoms. The minimum atomic E-state index is -1.51. The highest BCUT2D eigenvalue weighted by atomic mass is 16.7. The lowest BCUT2D eigenvalue weighted by Gasteiger charge is -2.25. The molecule has 1 N–H and O–H groups in total. The summed E-state index contributed by atoms with van der Waals surface area (Å²) < 4.78 is 23.1. The first-order valence-corrected chi connectivity index (χ1v) is 41.4. The summed E-state index contributed by atoms with van der Waals surface area (Å²) in [5, 5.41) is 9.78. The van der Waals surface area contributed by atoms with Crippen LogP contribution in [0.25, 0.3) is 0 Å². The number of unbranched alkanes of at least 4 members (excludes halogenated alkanes) is 46. The molecule has 0 fully saturated rings. The lowest BCUT2D eigenvalue weighted by atomic mass is 10.0. The van der Waals surface area contributed by atoms with E-state index in [-0.39, 0.29) is 32.2 Å². The van der Waals surface area contributed by atoms with Gasteiger partial charge in [0.15, 0.2) is 6.10 Å². The van der Waals surface area contributed by atoms with Gasteiger partial charge in [-0.05, 0) is 77.0 Å². The summed E-state index contributed by atoms with van der Waals surface area (Å²) in [5.74, 6) is -1.98. The molecule has 0 aromatic heterocycles. The number of allylic oxidation sites excluding steroid dienone is 16. The van der Waals surface area contributed by atoms with Crippen LogP contribution in [0, 0.1) is 0 Å². The molecule has 0 aliphatic carbocycles. The molecular weight excluding hydrogens is 1200 g/mol. The van der Waals surface area contributed by atoms with E-state index in [0.717, 1.165) is 89.9 Å². The lowest BCUT2D eigenvalue weighted by Crippen LogP contribution is -2.40. The number of carbonyl (C=O) groups excluding carboxylic acids is 2. The molecule has 0 radical (unpaired) electrons. The molecular formula is C88H158NO8+. The Kier molecular flexibility index (Phi) is 74.9. The van der Waals surface area contributed by atoms with Crippen molar-refractivity contribution in [3.8, 4) is 0 Å². The Morgan fingerprint density at radius 1 is 0.320 bits per heavy atom. The van der Waals surface area contributed by atoms with Crippen LogP contribution in [0.2, 0.25) is 0 Å². The molecule has 0 spiro atoms. The van der Waals surface area contributed by atoms with Crippen LogP contribution in [-0.2, 0) is 33.3 Å². The van der Waals surface area contributed by atoms with Gasteiger partial charge in [0.2, 0.25) is 0 Å². The number of aliphatic carboxylic acids is 1. The van der Waals surface area contributed by atoms with Gasteiger partial charge in [-0.3, -0.25) is 9.59 Å². The van der Waals surface area contributed by atoms with Crippen LogP contribution in [-0.4, -0.2) is 87.4 Å². The summed E-state index contributed by atoms with van der Waals surface area (Å²) in [6, 6.07) is 0. The molecule has 0 amide bonds. The van der Waals surface area contributed by atoms with Gasteiger partial charge in [-0.15, -0.1) is 0 Å². The molecule has 0 saturated heterocycles. The number of rotatable bonds is 77. The zero-order valence-corrected chi connectivity index (χ0v) is 64.5. The van der Waals surface area contributed by atoms with E-state index in [9.17, 15) is 19.5 Å². The maximum atomic E-state index is 13.0. The zero-order chi connectivity index (χ0) is 70.4. The number of carbonyl (C=O) groups is 3. The van der Waals surface area contributed by atoms with Gasteiger partial charge in [0.1, 0.15) is 13.2 Å². The zero-order valence-electron chi connectivity index (χ0n) is 64.5. The number of likely N-dealkylation sites (N-methyl/N-ethyl adjacent to an activating group) is 1. The van der Waals surface area contributed by atoms with E-state index in [4.69, 9.17) is 18.9 Å². The Hall–Kier alpha value is -3.79. The van der Waals surface area contributed by atoms with E-state index in [1.54, 1.807) is 0 Å². The molecule has 9 nitrogen and oxygen atoms in total. The van der Waals surface area contributed by atoms with E-state index in [2.05, 4.69) is 111 Å². The number of carboxylic acid groups (broad SMARTS) is 1. The first kappa shape index (κ1) is 93.2. The smallest absolute Gasteiger partial charge is 0.361 e. The Labute approximate surface area is 601 Å². The number of quaternary nitrogens is 1. The van der Waals surface area contributed by atoms with Crippen molar-refractivity contribution in [3.63, 3.8) is 0 Å². The monoisotopic (exact) mass is 1360 g/mol. The maximum Gasteiger partial charge on any atom is 0.361 e. The molecule has 0 aromatic rings. The van der Waals surface area contributed by atoms with Crippen LogP contribution in [0.3, 0.4) is 0 Å². The van der Waals surface area contributed by atoms with E-state index < -0.39 is 24.3 Å². The van der Waals surface area contributed by atoms with Gasteiger partial charge < -0.3 is 28.5 Å². The van der Waals surface area contributed by atoms with Crippen molar-refractivity contribution in [2.24, 2.45) is 0 Å². The first-order chi connectivity index (χ1) is 47.6. The summed E-state index contributed by atoms with van der Waals surface area (Å²) >= 11 is 0. The number of ether oxygens (including phenoxy) is 4. The second kappa shape index (κ2) is 77.9. The van der Waals surface area contributed by atoms with Gasteiger partial charge >= 0.3 is 17.9 Å². The van der Waals surface area contributed by atoms with Crippen molar-refractivity contribution in [1.29, 1.82) is 0 Å². The van der Waals surface area contributed by atoms with Gasteiger partial charge in [-0.1, -0.05) is 394 Å². The number of hydrogen-bond donors (Lipinski definition) is 1. The number of nitrogens with zero attached hydrogens (tertiary/aromatic N) is 1. The Balaban J connectivity index is 4.01. The summed E-state index contributed by atoms with van der Waals surface area (Å²) in [6.07, 6.45) is 106. The summed E-state index contributed by atoms with van der Waals surface area (Å²) in [4.78, 5) is 37.8. The lowest BCUT2D eigenvalue weighted by molar-refractivity contribution is -0.870. The Bertz CT molecular complexity index is 1920. The third kappa shape index (κ3) is 79.4. The van der Waals surface area contributed by atoms with Crippen molar-refractivity contribution in [2.45, 2.75) is 399 Å². The molecule has 2 unspecified atom stereocenters. The SMILES string of the molecule is CC/C=C\C/C=C\C/C=C\C/C=C\C/C=C\C/C=C\C/C=C\C/C=C\CCCCCCCCCCCCCCCCC(=O)OC(COC(=O)CCCCCCCCCCCCCCCCCCCCCCCCCCCCCCCCCCC)COC(OCC[N+](C)(C)C)C(=O)O. The fourth-order valence-electron chi connectivity index (χ4n) is 12.1. The van der Waals surface area contributed by atoms with Crippen molar-refractivity contribution < 1.29 is 42.9 Å². The third-order valence-electron chi connectivity index (χ3n) is 18.4. The van der Waals surface area contributed by atoms with Crippen LogP contribution in [0.4, 0.5) is 0 Å². The van der Waals surface area contributed by atoms with Crippen LogP contribution in [0.15, 0.2) is 97.2 Å². The average molecular weight is 1360 g/mol. The standard InChI is InChI=1S/C88H157NO8/c1-6-8-10-12-14-16-18-20-22-24-26-28-30-32-34-36-38-40-41-42-43-44-45-47-49-51-53-55-57-59-61-63-65-67-69-71-73-75-77-79-86(91)97-84(83-96-88(87(92)93)94-81-80-89(3,4)5)82-95-85(90)78-76-74-72-70-68-66-64-62-60-58-56-54-52-50-48-46-39-37-35-33-31-29-27-25-23-21-19-17-15-13-11-9-7-2/h8,10,14,16,20,22,26,28,32,34,38,40,42-43,45,47,84,88H,6-7,9,11-13,15,17-19,21,23-25,27,29-31,33,35-37,39,41,44,46,48-83H2,1-5H3/p+1/b10-8-,16-14-,22-20-,28-26-,34-32-,40-38-,43-42-,47-45-. The summed E-state index contributed by atoms with van der Waals surface area (Å²) in [7, 11) is 5.99. The molecule has 0 rings (SSSR count). The van der Waals surface area contributed by atoms with Crippen molar-refractivity contribution in [1.82, 2.24) is 0 Å². The van der Waals surface area contributed by atoms with Gasteiger partial charge in [0.25, 0.3) is 6.29 Å². The molecule has 0 aliphatic heterocycles. The predicted molar refractivity (Wildman–Crippen MR) is 419 cm³/mol. The quantitative estimate of drug-likeness (QED) is 0.0211. The molecule has 562 valence electrons. The van der Waals surface area contributed by atoms with E-state index >= 15 is 0 Å². The largest absolute Gasteiger partial charge is 0.477 e. The van der Waals surface area contributed by atoms with Gasteiger partial charge in [0, 0.05) is 12.8 Å². The molecule has 2 atom stereocenters. The van der Waals surface area contributed by atoms with Gasteiger partial charge in [-0.25, -0.2) is 4.79 Å². The van der Waals surface area contributed by atoms with E-state index in [1.807, 2.05) is 21.1 Å². The molecule has 0 bridgehead atoms. The predicted octanol–water partition coefficient (Wildman–Crippen LogP) is 26.7. The number of carboxylic acids is 1. The second-order valence-corrected chi connectivity index (χ2v) is 29.1. The van der Waals surface area contributed by atoms with Crippen LogP contribution < -0.4 is 0 Å².